The highest BCUT2D eigenvalue weighted by molar-refractivity contribution is 5.76. The number of aromatic nitrogens is 3. The second-order valence-corrected chi connectivity index (χ2v) is 3.79. The van der Waals surface area contributed by atoms with E-state index in [4.69, 9.17) is 10.2 Å². The minimum atomic E-state index is 0.465. The number of nitrogens with one attached hydrogen (secondary N) is 1. The van der Waals surface area contributed by atoms with Gasteiger partial charge in [-0.3, -0.25) is 0 Å². The van der Waals surface area contributed by atoms with Gasteiger partial charge in [0.15, 0.2) is 12.0 Å². The van der Waals surface area contributed by atoms with Crippen LogP contribution in [-0.4, -0.2) is 15.0 Å². The molecule has 0 radical (unpaired) electrons. The van der Waals surface area contributed by atoms with Crippen molar-refractivity contribution >= 4 is 22.6 Å². The van der Waals surface area contributed by atoms with Gasteiger partial charge in [-0.15, -0.1) is 0 Å². The van der Waals surface area contributed by atoms with Crippen molar-refractivity contribution < 1.29 is 4.42 Å². The maximum atomic E-state index is 5.59. The summed E-state index contributed by atoms with van der Waals surface area (Å²) in [6.07, 6.45) is 3.06. The number of benzene rings is 1. The smallest absolute Gasteiger partial charge is 0.181 e. The van der Waals surface area contributed by atoms with E-state index in [0.717, 1.165) is 16.8 Å². The number of hydrogen-bond donors (Lipinski definition) is 2. The van der Waals surface area contributed by atoms with Crippen LogP contribution in [0, 0.1) is 0 Å². The summed E-state index contributed by atoms with van der Waals surface area (Å²) < 4.78 is 5.23. The van der Waals surface area contributed by atoms with Crippen LogP contribution < -0.4 is 11.1 Å². The van der Waals surface area contributed by atoms with Crippen LogP contribution in [-0.2, 0) is 6.54 Å². The van der Waals surface area contributed by atoms with Gasteiger partial charge in [0.25, 0.3) is 0 Å². The Labute approximate surface area is 103 Å². The molecular formula is C12H11N5O. The Morgan fingerprint density at radius 3 is 3.06 bits per heavy atom. The van der Waals surface area contributed by atoms with Gasteiger partial charge >= 0.3 is 0 Å². The lowest BCUT2D eigenvalue weighted by Gasteiger charge is -2.05. The van der Waals surface area contributed by atoms with Crippen molar-refractivity contribution in [1.82, 2.24) is 15.0 Å². The van der Waals surface area contributed by atoms with Gasteiger partial charge in [-0.25, -0.2) is 15.0 Å². The van der Waals surface area contributed by atoms with Crippen LogP contribution in [0.3, 0.4) is 0 Å². The average Bonchev–Trinajstić information content (AvgIpc) is 2.84. The Morgan fingerprint density at radius 1 is 1.22 bits per heavy atom. The normalized spacial score (nSPS) is 10.7. The lowest BCUT2D eigenvalue weighted by atomic mass is 10.3. The van der Waals surface area contributed by atoms with E-state index in [1.165, 1.54) is 6.39 Å². The predicted molar refractivity (Wildman–Crippen MR) is 67.8 cm³/mol. The third-order valence-electron chi connectivity index (χ3n) is 2.51. The highest BCUT2D eigenvalue weighted by Gasteiger charge is 2.01. The standard InChI is InChI=1S/C12H11N5O/c13-11-3-4-14-12(17-11)6-15-8-1-2-9-10(5-8)18-7-16-9/h1-5,7,15H,6H2,(H2,13,14,17). The Kier molecular flexibility index (Phi) is 2.53. The molecule has 2 aromatic heterocycles. The number of nitrogen functional groups attached to an aromatic ring is 1. The quantitative estimate of drug-likeness (QED) is 0.726. The maximum absolute atomic E-state index is 5.59. The molecule has 0 fully saturated rings. The largest absolute Gasteiger partial charge is 0.443 e. The zero-order valence-corrected chi connectivity index (χ0v) is 9.50. The van der Waals surface area contributed by atoms with Gasteiger partial charge in [-0.2, -0.15) is 0 Å². The zero-order chi connectivity index (χ0) is 12.4. The summed E-state index contributed by atoms with van der Waals surface area (Å²) in [5.74, 6) is 1.11. The molecule has 6 nitrogen and oxygen atoms in total. The summed E-state index contributed by atoms with van der Waals surface area (Å²) >= 11 is 0. The van der Waals surface area contributed by atoms with Crippen molar-refractivity contribution in [3.8, 4) is 0 Å². The van der Waals surface area contributed by atoms with E-state index in [1.54, 1.807) is 12.3 Å². The molecule has 2 heterocycles. The Morgan fingerprint density at radius 2 is 2.17 bits per heavy atom. The lowest BCUT2D eigenvalue weighted by Crippen LogP contribution is -2.05. The van der Waals surface area contributed by atoms with Crippen LogP contribution in [0.5, 0.6) is 0 Å². The molecule has 18 heavy (non-hydrogen) atoms. The Hall–Kier alpha value is -2.63. The molecular weight excluding hydrogens is 230 g/mol. The molecule has 0 aliphatic carbocycles. The molecule has 0 bridgehead atoms. The Balaban J connectivity index is 1.76. The molecule has 6 heteroatoms. The monoisotopic (exact) mass is 241 g/mol. The zero-order valence-electron chi connectivity index (χ0n) is 9.50. The SMILES string of the molecule is Nc1ccnc(CNc2ccc3ncoc3c2)n1. The van der Waals surface area contributed by atoms with Gasteiger partial charge in [0.1, 0.15) is 17.2 Å². The molecule has 3 aromatic rings. The third kappa shape index (κ3) is 2.08. The molecule has 0 aliphatic rings. The molecule has 0 spiro atoms. The third-order valence-corrected chi connectivity index (χ3v) is 2.51. The topological polar surface area (TPSA) is 89.9 Å². The first-order chi connectivity index (χ1) is 8.81. The van der Waals surface area contributed by atoms with Gasteiger partial charge in [-0.05, 0) is 18.2 Å². The highest BCUT2D eigenvalue weighted by atomic mass is 16.3. The second kappa shape index (κ2) is 4.33. The number of nitrogens with two attached hydrogens (primary N) is 1. The highest BCUT2D eigenvalue weighted by Crippen LogP contribution is 2.18. The van der Waals surface area contributed by atoms with Crippen molar-refractivity contribution in [2.45, 2.75) is 6.54 Å². The van der Waals surface area contributed by atoms with Gasteiger partial charge in [-0.1, -0.05) is 0 Å². The summed E-state index contributed by atoms with van der Waals surface area (Å²) in [5.41, 5.74) is 8.09. The van der Waals surface area contributed by atoms with E-state index in [1.807, 2.05) is 18.2 Å². The molecule has 0 saturated carbocycles. The number of anilines is 2. The molecule has 0 unspecified atom stereocenters. The predicted octanol–water partition coefficient (Wildman–Crippen LogP) is 1.81. The first-order valence-electron chi connectivity index (χ1n) is 5.46. The number of hydrogen-bond acceptors (Lipinski definition) is 6. The van der Waals surface area contributed by atoms with E-state index in [9.17, 15) is 0 Å². The van der Waals surface area contributed by atoms with Crippen LogP contribution in [0.4, 0.5) is 11.5 Å². The molecule has 0 aliphatic heterocycles. The van der Waals surface area contributed by atoms with E-state index in [0.29, 0.717) is 18.2 Å². The second-order valence-electron chi connectivity index (χ2n) is 3.79. The Bertz CT molecular complexity index is 679. The van der Waals surface area contributed by atoms with Gasteiger partial charge in [0.05, 0.1) is 6.54 Å². The molecule has 1 aromatic carbocycles. The fraction of sp³-hybridized carbons (Fsp3) is 0.0833. The summed E-state index contributed by atoms with van der Waals surface area (Å²) in [6.45, 7) is 0.505. The van der Waals surface area contributed by atoms with E-state index in [-0.39, 0.29) is 0 Å². The van der Waals surface area contributed by atoms with Crippen molar-refractivity contribution in [2.24, 2.45) is 0 Å². The van der Waals surface area contributed by atoms with Crippen molar-refractivity contribution in [2.75, 3.05) is 11.1 Å². The molecule has 3 rings (SSSR count). The van der Waals surface area contributed by atoms with E-state index in [2.05, 4.69) is 20.3 Å². The van der Waals surface area contributed by atoms with Crippen LogP contribution in [0.25, 0.3) is 11.1 Å². The minimum absolute atomic E-state index is 0.465. The summed E-state index contributed by atoms with van der Waals surface area (Å²) in [6, 6.07) is 7.36. The summed E-state index contributed by atoms with van der Waals surface area (Å²) in [7, 11) is 0. The first-order valence-corrected chi connectivity index (χ1v) is 5.46. The lowest BCUT2D eigenvalue weighted by molar-refractivity contribution is 0.602. The molecule has 0 amide bonds. The molecule has 0 saturated heterocycles. The van der Waals surface area contributed by atoms with E-state index >= 15 is 0 Å². The fourth-order valence-corrected chi connectivity index (χ4v) is 1.65. The first kappa shape index (κ1) is 10.5. The van der Waals surface area contributed by atoms with Crippen molar-refractivity contribution in [1.29, 1.82) is 0 Å². The number of rotatable bonds is 3. The van der Waals surface area contributed by atoms with Crippen molar-refractivity contribution in [3.05, 3.63) is 42.7 Å². The number of fused-ring (bicyclic) bond motifs is 1. The van der Waals surface area contributed by atoms with Crippen LogP contribution in [0.2, 0.25) is 0 Å². The molecule has 3 N–H and O–H groups in total. The van der Waals surface area contributed by atoms with Gasteiger partial charge in [0.2, 0.25) is 0 Å². The van der Waals surface area contributed by atoms with Gasteiger partial charge in [0, 0.05) is 18.0 Å². The van der Waals surface area contributed by atoms with Gasteiger partial charge < -0.3 is 15.5 Å². The van der Waals surface area contributed by atoms with E-state index < -0.39 is 0 Å². The van der Waals surface area contributed by atoms with Crippen molar-refractivity contribution in [3.63, 3.8) is 0 Å². The minimum Gasteiger partial charge on any atom is -0.443 e. The fourth-order valence-electron chi connectivity index (χ4n) is 1.65. The number of nitrogens with zero attached hydrogens (tertiary/aromatic N) is 3. The van der Waals surface area contributed by atoms with Crippen LogP contribution >= 0.6 is 0 Å². The summed E-state index contributed by atoms with van der Waals surface area (Å²) in [5, 5.41) is 3.20. The number of oxazole rings is 1. The maximum Gasteiger partial charge on any atom is 0.181 e. The van der Waals surface area contributed by atoms with Crippen LogP contribution in [0.1, 0.15) is 5.82 Å². The molecule has 0 atom stereocenters. The van der Waals surface area contributed by atoms with Crippen LogP contribution in [0.15, 0.2) is 41.3 Å². The molecule has 90 valence electrons. The summed E-state index contributed by atoms with van der Waals surface area (Å²) in [4.78, 5) is 12.3. The average molecular weight is 241 g/mol.